The number of ether oxygens (including phenoxy) is 6. The van der Waals surface area contributed by atoms with Gasteiger partial charge in [0.15, 0.2) is 11.5 Å². The van der Waals surface area contributed by atoms with Crippen LogP contribution in [0.15, 0.2) is 48.5 Å². The van der Waals surface area contributed by atoms with E-state index in [1.807, 2.05) is 27.7 Å². The molecule has 43 heavy (non-hydrogen) atoms. The molecule has 11 heteroatoms. The van der Waals surface area contributed by atoms with Gasteiger partial charge in [-0.25, -0.2) is 14.4 Å². The van der Waals surface area contributed by atoms with Gasteiger partial charge in [0.1, 0.15) is 11.6 Å². The first-order chi connectivity index (χ1) is 20.3. The number of hydrogen-bond acceptors (Lipinski definition) is 11. The predicted molar refractivity (Wildman–Crippen MR) is 158 cm³/mol. The second kappa shape index (κ2) is 17.1. The maximum atomic E-state index is 12.8. The fraction of sp³-hybridized carbons (Fsp3) is 0.500. The summed E-state index contributed by atoms with van der Waals surface area (Å²) in [7, 11) is 1.20. The Bertz CT molecular complexity index is 1210. The molecule has 0 radical (unpaired) electrons. The SMILES string of the molecule is COC(=O)C(N)(Cc1ccc(OC(=O)OCCC(C)C)c(OC(=O)OCCC(C)C)c1)C[C@H](C)OC(=O)c1ccccc1. The Hall–Kier alpha value is -4.12. The van der Waals surface area contributed by atoms with Crippen molar-refractivity contribution in [3.8, 4) is 11.5 Å². The molecule has 2 atom stereocenters. The molecule has 0 aliphatic carbocycles. The van der Waals surface area contributed by atoms with Crippen molar-refractivity contribution in [3.05, 3.63) is 59.7 Å². The molecule has 0 saturated carbocycles. The minimum atomic E-state index is -1.63. The van der Waals surface area contributed by atoms with Crippen LogP contribution in [0, 0.1) is 11.8 Å². The normalized spacial score (nSPS) is 13.0. The van der Waals surface area contributed by atoms with Crippen LogP contribution in [0.4, 0.5) is 9.59 Å². The molecule has 0 amide bonds. The third-order valence-corrected chi connectivity index (χ3v) is 6.31. The van der Waals surface area contributed by atoms with E-state index in [0.717, 1.165) is 0 Å². The van der Waals surface area contributed by atoms with Gasteiger partial charge in [0, 0.05) is 12.8 Å². The first kappa shape index (κ1) is 35.1. The highest BCUT2D eigenvalue weighted by atomic mass is 16.7. The summed E-state index contributed by atoms with van der Waals surface area (Å²) in [6, 6.07) is 12.8. The molecule has 0 spiro atoms. The zero-order chi connectivity index (χ0) is 32.0. The number of rotatable bonds is 15. The Morgan fingerprint density at radius 2 is 1.35 bits per heavy atom. The minimum Gasteiger partial charge on any atom is -0.468 e. The predicted octanol–water partition coefficient (Wildman–Crippen LogP) is 5.86. The third-order valence-electron chi connectivity index (χ3n) is 6.31. The van der Waals surface area contributed by atoms with E-state index in [-0.39, 0.29) is 37.6 Å². The van der Waals surface area contributed by atoms with Gasteiger partial charge in [-0.2, -0.15) is 0 Å². The maximum Gasteiger partial charge on any atom is 0.513 e. The van der Waals surface area contributed by atoms with E-state index in [1.54, 1.807) is 43.3 Å². The number of nitrogens with two attached hydrogens (primary N) is 1. The van der Waals surface area contributed by atoms with Crippen LogP contribution in [0.5, 0.6) is 11.5 Å². The van der Waals surface area contributed by atoms with Crippen LogP contribution in [0.25, 0.3) is 0 Å². The van der Waals surface area contributed by atoms with E-state index >= 15 is 0 Å². The first-order valence-electron chi connectivity index (χ1n) is 14.3. The van der Waals surface area contributed by atoms with Gasteiger partial charge < -0.3 is 34.2 Å². The van der Waals surface area contributed by atoms with Crippen molar-refractivity contribution in [1.29, 1.82) is 0 Å². The largest absolute Gasteiger partial charge is 0.513 e. The van der Waals surface area contributed by atoms with Crippen molar-refractivity contribution in [3.63, 3.8) is 0 Å². The van der Waals surface area contributed by atoms with Crippen molar-refractivity contribution < 1.29 is 47.6 Å². The molecule has 2 rings (SSSR count). The fourth-order valence-electron chi connectivity index (χ4n) is 4.00. The van der Waals surface area contributed by atoms with Crippen molar-refractivity contribution >= 4 is 24.2 Å². The van der Waals surface area contributed by atoms with Crippen molar-refractivity contribution in [2.24, 2.45) is 17.6 Å². The lowest BCUT2D eigenvalue weighted by Gasteiger charge is -2.29. The van der Waals surface area contributed by atoms with Gasteiger partial charge in [0.2, 0.25) is 0 Å². The summed E-state index contributed by atoms with van der Waals surface area (Å²) in [5.74, 6) is -0.898. The molecule has 0 aliphatic heterocycles. The number of carbonyl (C=O) groups excluding carboxylic acids is 4. The highest BCUT2D eigenvalue weighted by Crippen LogP contribution is 2.32. The molecular formula is C32H43NO10. The maximum absolute atomic E-state index is 12.8. The van der Waals surface area contributed by atoms with Gasteiger partial charge in [0.05, 0.1) is 25.9 Å². The molecule has 236 valence electrons. The number of esters is 2. The van der Waals surface area contributed by atoms with E-state index in [2.05, 4.69) is 0 Å². The summed E-state index contributed by atoms with van der Waals surface area (Å²) in [5, 5.41) is 0. The Labute approximate surface area is 252 Å². The molecule has 0 bridgehead atoms. The monoisotopic (exact) mass is 601 g/mol. The number of benzene rings is 2. The molecule has 11 nitrogen and oxygen atoms in total. The first-order valence-corrected chi connectivity index (χ1v) is 14.3. The zero-order valence-electron chi connectivity index (χ0n) is 25.8. The highest BCUT2D eigenvalue weighted by molar-refractivity contribution is 5.89. The third kappa shape index (κ3) is 12.3. The summed E-state index contributed by atoms with van der Waals surface area (Å²) in [5.41, 5.74) is 5.71. The molecule has 2 N–H and O–H groups in total. The van der Waals surface area contributed by atoms with Crippen LogP contribution >= 0.6 is 0 Å². The quantitative estimate of drug-likeness (QED) is 0.149. The van der Waals surface area contributed by atoms with Gasteiger partial charge >= 0.3 is 24.2 Å². The Morgan fingerprint density at radius 1 is 0.791 bits per heavy atom. The van der Waals surface area contributed by atoms with E-state index in [1.165, 1.54) is 19.2 Å². The average Bonchev–Trinajstić information content (AvgIpc) is 2.93. The molecule has 0 saturated heterocycles. The molecule has 0 aliphatic rings. The van der Waals surface area contributed by atoms with Crippen molar-refractivity contribution in [2.75, 3.05) is 20.3 Å². The smallest absolute Gasteiger partial charge is 0.468 e. The van der Waals surface area contributed by atoms with Crippen LogP contribution in [0.1, 0.15) is 69.8 Å². The number of methoxy groups -OCH3 is 1. The standard InChI is InChI=1S/C32H43NO10/c1-21(2)14-16-39-30(36)42-26-13-12-24(18-27(26)43-31(37)40-17-15-22(3)4)20-32(33,29(35)38-6)19-23(5)41-28(34)25-10-8-7-9-11-25/h7-13,18,21-23H,14-17,19-20,33H2,1-6H3/t23-,32?/m0/s1. The highest BCUT2D eigenvalue weighted by Gasteiger charge is 2.38. The summed E-state index contributed by atoms with van der Waals surface area (Å²) < 4.78 is 31.4. The van der Waals surface area contributed by atoms with Crippen LogP contribution in [-0.2, 0) is 30.2 Å². The van der Waals surface area contributed by atoms with Crippen LogP contribution in [0.3, 0.4) is 0 Å². The van der Waals surface area contributed by atoms with E-state index in [0.29, 0.717) is 35.8 Å². The van der Waals surface area contributed by atoms with E-state index < -0.39 is 35.9 Å². The van der Waals surface area contributed by atoms with Crippen LogP contribution in [-0.4, -0.2) is 56.2 Å². The van der Waals surface area contributed by atoms with E-state index in [4.69, 9.17) is 34.2 Å². The second-order valence-corrected chi connectivity index (χ2v) is 11.2. The summed E-state index contributed by atoms with van der Waals surface area (Å²) in [4.78, 5) is 50.1. The fourth-order valence-corrected chi connectivity index (χ4v) is 4.00. The molecule has 1 unspecified atom stereocenters. The number of carbonyl (C=O) groups is 4. The van der Waals surface area contributed by atoms with Gasteiger partial charge in [-0.3, -0.25) is 4.79 Å². The zero-order valence-corrected chi connectivity index (χ0v) is 25.8. The molecular weight excluding hydrogens is 558 g/mol. The Balaban J connectivity index is 2.26. The Morgan fingerprint density at radius 3 is 1.88 bits per heavy atom. The molecule has 0 fully saturated rings. The lowest BCUT2D eigenvalue weighted by Crippen LogP contribution is -2.53. The van der Waals surface area contributed by atoms with E-state index in [9.17, 15) is 19.2 Å². The summed E-state index contributed by atoms with van der Waals surface area (Å²) >= 11 is 0. The molecule has 2 aromatic carbocycles. The van der Waals surface area contributed by atoms with Gasteiger partial charge in [-0.15, -0.1) is 0 Å². The average molecular weight is 602 g/mol. The molecule has 0 aromatic heterocycles. The Kier molecular flexibility index (Phi) is 14.0. The molecule has 2 aromatic rings. The topological polar surface area (TPSA) is 150 Å². The van der Waals surface area contributed by atoms with Gasteiger partial charge in [0.25, 0.3) is 0 Å². The van der Waals surface area contributed by atoms with Crippen molar-refractivity contribution in [1.82, 2.24) is 0 Å². The molecule has 0 heterocycles. The lowest BCUT2D eigenvalue weighted by molar-refractivity contribution is -0.148. The minimum absolute atomic E-state index is 0.0773. The van der Waals surface area contributed by atoms with Crippen molar-refractivity contribution in [2.45, 2.75) is 71.9 Å². The summed E-state index contributed by atoms with van der Waals surface area (Å²) in [6.07, 6.45) is -1.62. The number of hydrogen-bond donors (Lipinski definition) is 1. The summed E-state index contributed by atoms with van der Waals surface area (Å²) in [6.45, 7) is 9.86. The van der Waals surface area contributed by atoms with Crippen LogP contribution < -0.4 is 15.2 Å². The lowest BCUT2D eigenvalue weighted by atomic mass is 9.86. The van der Waals surface area contributed by atoms with Gasteiger partial charge in [-0.05, 0) is 61.4 Å². The van der Waals surface area contributed by atoms with Gasteiger partial charge in [-0.1, -0.05) is 52.0 Å². The second-order valence-electron chi connectivity index (χ2n) is 11.2. The van der Waals surface area contributed by atoms with Crippen LogP contribution in [0.2, 0.25) is 0 Å².